The van der Waals surface area contributed by atoms with Gasteiger partial charge in [-0.05, 0) is 30.5 Å². The molecule has 5 heteroatoms. The van der Waals surface area contributed by atoms with Crippen molar-refractivity contribution >= 4 is 11.6 Å². The van der Waals surface area contributed by atoms with E-state index in [-0.39, 0.29) is 5.91 Å². The van der Waals surface area contributed by atoms with Gasteiger partial charge in [-0.2, -0.15) is 5.10 Å². The Hall–Kier alpha value is -2.43. The van der Waals surface area contributed by atoms with Crippen molar-refractivity contribution in [2.45, 2.75) is 39.5 Å². The van der Waals surface area contributed by atoms with E-state index in [2.05, 4.69) is 58.2 Å². The molecule has 1 aliphatic heterocycles. The maximum Gasteiger partial charge on any atom is 0.240 e. The average Bonchev–Trinajstić information content (AvgIpc) is 2.98. The van der Waals surface area contributed by atoms with Gasteiger partial charge in [-0.3, -0.25) is 4.79 Å². The van der Waals surface area contributed by atoms with Crippen LogP contribution in [0, 0.1) is 0 Å². The van der Waals surface area contributed by atoms with Crippen molar-refractivity contribution in [3.63, 3.8) is 0 Å². The molecule has 0 radical (unpaired) electrons. The number of nitrogens with zero attached hydrogens (tertiary/aromatic N) is 3. The van der Waals surface area contributed by atoms with Crippen molar-refractivity contribution in [1.82, 2.24) is 15.0 Å². The summed E-state index contributed by atoms with van der Waals surface area (Å²) in [5, 5.41) is 4.13. The molecule has 0 unspecified atom stereocenters. The van der Waals surface area contributed by atoms with Gasteiger partial charge in [-0.25, -0.2) is 10.4 Å². The van der Waals surface area contributed by atoms with Gasteiger partial charge >= 0.3 is 0 Å². The Bertz CT molecular complexity index is 713. The molecule has 0 spiro atoms. The van der Waals surface area contributed by atoms with E-state index in [1.54, 1.807) is 0 Å². The van der Waals surface area contributed by atoms with Crippen LogP contribution in [0.4, 0.5) is 0 Å². The fourth-order valence-electron chi connectivity index (χ4n) is 2.80. The second kappa shape index (κ2) is 6.13. The molecule has 1 aromatic carbocycles. The summed E-state index contributed by atoms with van der Waals surface area (Å²) in [4.78, 5) is 15.6. The Balaban J connectivity index is 1.89. The van der Waals surface area contributed by atoms with Gasteiger partial charge in [-0.1, -0.05) is 26.0 Å². The van der Waals surface area contributed by atoms with Crippen LogP contribution in [0.25, 0.3) is 5.69 Å². The maximum atomic E-state index is 11.2. The van der Waals surface area contributed by atoms with Gasteiger partial charge < -0.3 is 4.57 Å². The zero-order valence-corrected chi connectivity index (χ0v) is 13.0. The lowest BCUT2D eigenvalue weighted by molar-refractivity contribution is -0.121. The third-order valence-corrected chi connectivity index (χ3v) is 4.01. The molecule has 1 aromatic heterocycles. The monoisotopic (exact) mass is 296 g/mol. The molecule has 0 fully saturated rings. The minimum atomic E-state index is -0.0153. The van der Waals surface area contributed by atoms with Crippen molar-refractivity contribution in [2.75, 3.05) is 0 Å². The number of hydrogen-bond donors (Lipinski definition) is 1. The third kappa shape index (κ3) is 2.66. The number of carbonyl (C=O) groups excluding carboxylic acids is 1. The highest BCUT2D eigenvalue weighted by atomic mass is 16.2. The van der Waals surface area contributed by atoms with Crippen molar-refractivity contribution in [2.24, 2.45) is 5.10 Å². The second-order valence-electron chi connectivity index (χ2n) is 5.36. The van der Waals surface area contributed by atoms with Crippen LogP contribution in [0.5, 0.6) is 0 Å². The zero-order valence-electron chi connectivity index (χ0n) is 13.0. The zero-order chi connectivity index (χ0) is 15.5. The Labute approximate surface area is 130 Å². The molecule has 0 saturated carbocycles. The van der Waals surface area contributed by atoms with Gasteiger partial charge in [0, 0.05) is 24.2 Å². The number of benzene rings is 1. The lowest BCUT2D eigenvalue weighted by Gasteiger charge is -2.13. The highest BCUT2D eigenvalue weighted by molar-refractivity contribution is 6.04. The van der Waals surface area contributed by atoms with Crippen LogP contribution in [0.2, 0.25) is 0 Å². The molecule has 1 aliphatic rings. The van der Waals surface area contributed by atoms with Crippen LogP contribution in [-0.2, 0) is 17.6 Å². The molecule has 5 nitrogen and oxygen atoms in total. The first-order chi connectivity index (χ1) is 10.7. The molecule has 0 bridgehead atoms. The Kier molecular flexibility index (Phi) is 4.04. The summed E-state index contributed by atoms with van der Waals surface area (Å²) in [5.41, 5.74) is 8.05. The van der Waals surface area contributed by atoms with E-state index >= 15 is 0 Å². The maximum absolute atomic E-state index is 11.2. The van der Waals surface area contributed by atoms with Gasteiger partial charge in [0.2, 0.25) is 5.91 Å². The van der Waals surface area contributed by atoms with E-state index in [9.17, 15) is 4.79 Å². The number of imidazole rings is 1. The second-order valence-corrected chi connectivity index (χ2v) is 5.36. The molecule has 22 heavy (non-hydrogen) atoms. The van der Waals surface area contributed by atoms with Gasteiger partial charge in [0.05, 0.1) is 17.7 Å². The Morgan fingerprint density at radius 3 is 2.50 bits per heavy atom. The molecule has 2 heterocycles. The largest absolute Gasteiger partial charge is 0.303 e. The molecular weight excluding hydrogens is 276 g/mol. The van der Waals surface area contributed by atoms with Crippen molar-refractivity contribution < 1.29 is 4.79 Å². The number of aryl methyl sites for hydroxylation is 1. The van der Waals surface area contributed by atoms with Crippen LogP contribution in [0.1, 0.15) is 43.6 Å². The van der Waals surface area contributed by atoms with E-state index in [1.807, 2.05) is 6.33 Å². The standard InChI is InChI=1S/C17H20N4O/c1-3-14-16(4-2)21(11-18-14)13-7-5-12(6-8-13)15-9-10-17(22)20-19-15/h5-8,11H,3-4,9-10H2,1-2H3,(H,20,22). The molecule has 114 valence electrons. The highest BCUT2D eigenvalue weighted by Gasteiger charge is 2.14. The van der Waals surface area contributed by atoms with Crippen LogP contribution in [0.15, 0.2) is 35.7 Å². The molecule has 0 atom stereocenters. The summed E-state index contributed by atoms with van der Waals surface area (Å²) in [6, 6.07) is 8.26. The first kappa shape index (κ1) is 14.5. The van der Waals surface area contributed by atoms with E-state index in [0.29, 0.717) is 12.8 Å². The first-order valence-corrected chi connectivity index (χ1v) is 7.74. The predicted octanol–water partition coefficient (Wildman–Crippen LogP) is 2.61. The minimum Gasteiger partial charge on any atom is -0.303 e. The Morgan fingerprint density at radius 2 is 1.91 bits per heavy atom. The van der Waals surface area contributed by atoms with Crippen molar-refractivity contribution in [1.29, 1.82) is 0 Å². The summed E-state index contributed by atoms with van der Waals surface area (Å²) in [5.74, 6) is -0.0153. The molecule has 0 saturated heterocycles. The molecule has 0 aliphatic carbocycles. The van der Waals surface area contributed by atoms with Crippen LogP contribution >= 0.6 is 0 Å². The van der Waals surface area contributed by atoms with Crippen LogP contribution in [-0.4, -0.2) is 21.2 Å². The van der Waals surface area contributed by atoms with Gasteiger partial charge in [0.15, 0.2) is 0 Å². The number of rotatable bonds is 4. The molecule has 3 rings (SSSR count). The number of hydrogen-bond acceptors (Lipinski definition) is 3. The quantitative estimate of drug-likeness (QED) is 0.942. The fourth-order valence-corrected chi connectivity index (χ4v) is 2.80. The molecular formula is C17H20N4O. The third-order valence-electron chi connectivity index (χ3n) is 4.01. The van der Waals surface area contributed by atoms with Gasteiger partial charge in [-0.15, -0.1) is 0 Å². The summed E-state index contributed by atoms with van der Waals surface area (Å²) in [6.07, 6.45) is 5.00. The number of amides is 1. The number of nitrogens with one attached hydrogen (secondary N) is 1. The number of aromatic nitrogens is 2. The normalized spacial score (nSPS) is 14.6. The summed E-state index contributed by atoms with van der Waals surface area (Å²) < 4.78 is 2.15. The van der Waals surface area contributed by atoms with Crippen molar-refractivity contribution in [3.05, 3.63) is 47.5 Å². The molecule has 1 N–H and O–H groups in total. The van der Waals surface area contributed by atoms with Gasteiger partial charge in [0.1, 0.15) is 0 Å². The van der Waals surface area contributed by atoms with Crippen molar-refractivity contribution in [3.8, 4) is 5.69 Å². The first-order valence-electron chi connectivity index (χ1n) is 7.74. The van der Waals surface area contributed by atoms with Gasteiger partial charge in [0.25, 0.3) is 0 Å². The molecule has 1 amide bonds. The SMILES string of the molecule is CCc1ncn(-c2ccc(C3=NNC(=O)CC3)cc2)c1CC. The summed E-state index contributed by atoms with van der Waals surface area (Å²) >= 11 is 0. The van der Waals surface area contributed by atoms with Crippen LogP contribution in [0.3, 0.4) is 0 Å². The smallest absolute Gasteiger partial charge is 0.240 e. The minimum absolute atomic E-state index is 0.0153. The van der Waals surface area contributed by atoms with E-state index < -0.39 is 0 Å². The predicted molar refractivity (Wildman–Crippen MR) is 86.2 cm³/mol. The van der Waals surface area contributed by atoms with E-state index in [1.165, 1.54) is 5.69 Å². The summed E-state index contributed by atoms with van der Waals surface area (Å²) in [6.45, 7) is 4.28. The highest BCUT2D eigenvalue weighted by Crippen LogP contribution is 2.18. The lowest BCUT2D eigenvalue weighted by atomic mass is 10.0. The topological polar surface area (TPSA) is 59.3 Å². The fraction of sp³-hybridized carbons (Fsp3) is 0.353. The summed E-state index contributed by atoms with van der Waals surface area (Å²) in [7, 11) is 0. The molecule has 2 aromatic rings. The van der Waals surface area contributed by atoms with Crippen LogP contribution < -0.4 is 5.43 Å². The lowest BCUT2D eigenvalue weighted by Crippen LogP contribution is -2.25. The average molecular weight is 296 g/mol. The van der Waals surface area contributed by atoms with E-state index in [0.717, 1.165) is 35.5 Å². The number of hydrazone groups is 1. The Morgan fingerprint density at radius 1 is 1.14 bits per heavy atom. The van der Waals surface area contributed by atoms with E-state index in [4.69, 9.17) is 0 Å². The number of carbonyl (C=O) groups is 1.